The van der Waals surface area contributed by atoms with E-state index in [9.17, 15) is 21.6 Å². The first-order valence-corrected chi connectivity index (χ1v) is 10.3. The molecular weight excluding hydrogens is 371 g/mol. The van der Waals surface area contributed by atoms with Crippen molar-refractivity contribution in [3.8, 4) is 0 Å². The number of nitrogens with zero attached hydrogens (tertiary/aromatic N) is 3. The summed E-state index contributed by atoms with van der Waals surface area (Å²) in [5, 5.41) is 6.40. The van der Waals surface area contributed by atoms with Gasteiger partial charge in [-0.3, -0.25) is 9.89 Å². The van der Waals surface area contributed by atoms with Crippen LogP contribution in [0.1, 0.15) is 32.6 Å². The molecule has 26 heavy (non-hydrogen) atoms. The summed E-state index contributed by atoms with van der Waals surface area (Å²) in [5.41, 5.74) is -5.24. The first kappa shape index (κ1) is 21.2. The minimum Gasteiger partial charge on any atom is -0.355 e. The zero-order valence-electron chi connectivity index (χ0n) is 15.4. The minimum absolute atomic E-state index is 0.114. The van der Waals surface area contributed by atoms with Gasteiger partial charge in [0.15, 0.2) is 5.96 Å². The molecule has 11 heteroatoms. The smallest absolute Gasteiger partial charge is 0.355 e. The highest BCUT2D eigenvalue weighted by Crippen LogP contribution is 2.29. The summed E-state index contributed by atoms with van der Waals surface area (Å²) in [5.74, 6) is 0.582. The van der Waals surface area contributed by atoms with Gasteiger partial charge in [-0.25, -0.2) is 8.42 Å². The van der Waals surface area contributed by atoms with Crippen LogP contribution in [-0.2, 0) is 10.0 Å². The zero-order chi connectivity index (χ0) is 19.5. The third-order valence-corrected chi connectivity index (χ3v) is 6.66. The summed E-state index contributed by atoms with van der Waals surface area (Å²) in [7, 11) is -1.51. The number of sulfonamides is 1. The lowest BCUT2D eigenvalue weighted by molar-refractivity contribution is -0.0494. The van der Waals surface area contributed by atoms with Crippen LogP contribution in [-0.4, -0.2) is 80.9 Å². The SMILES string of the molecule is CN=C(NCC(C)N(C)C1CC1)NC1CCN(S(=O)(=O)C(F)(F)F)CC1. The van der Waals surface area contributed by atoms with Crippen molar-refractivity contribution in [3.63, 3.8) is 0 Å². The molecule has 2 fully saturated rings. The van der Waals surface area contributed by atoms with Crippen molar-refractivity contribution in [2.24, 2.45) is 4.99 Å². The molecular formula is C15H28F3N5O2S. The van der Waals surface area contributed by atoms with Crippen molar-refractivity contribution in [2.45, 2.75) is 56.2 Å². The number of aliphatic imine (C=N–C) groups is 1. The fourth-order valence-corrected chi connectivity index (χ4v) is 3.99. The summed E-state index contributed by atoms with van der Waals surface area (Å²) < 4.78 is 61.2. The molecule has 152 valence electrons. The molecule has 1 heterocycles. The number of piperidine rings is 1. The highest BCUT2D eigenvalue weighted by Gasteiger charge is 2.50. The van der Waals surface area contributed by atoms with E-state index in [2.05, 4.69) is 34.5 Å². The number of hydrogen-bond acceptors (Lipinski definition) is 4. The van der Waals surface area contributed by atoms with Crippen LogP contribution in [0.15, 0.2) is 4.99 Å². The van der Waals surface area contributed by atoms with Gasteiger partial charge in [0.1, 0.15) is 0 Å². The lowest BCUT2D eigenvalue weighted by Gasteiger charge is -2.33. The van der Waals surface area contributed by atoms with Crippen LogP contribution in [0.25, 0.3) is 0 Å². The van der Waals surface area contributed by atoms with E-state index < -0.39 is 15.5 Å². The van der Waals surface area contributed by atoms with Crippen LogP contribution in [0.4, 0.5) is 13.2 Å². The molecule has 1 aliphatic heterocycles. The zero-order valence-corrected chi connectivity index (χ0v) is 16.2. The second-order valence-corrected chi connectivity index (χ2v) is 8.90. The second kappa shape index (κ2) is 8.30. The van der Waals surface area contributed by atoms with Crippen LogP contribution in [0.3, 0.4) is 0 Å². The quantitative estimate of drug-likeness (QED) is 0.514. The molecule has 0 aromatic rings. The third-order valence-electron chi connectivity index (χ3n) is 5.03. The molecule has 2 N–H and O–H groups in total. The van der Waals surface area contributed by atoms with E-state index in [0.29, 0.717) is 41.7 Å². The summed E-state index contributed by atoms with van der Waals surface area (Å²) in [6.07, 6.45) is 3.06. The molecule has 1 unspecified atom stereocenters. The lowest BCUT2D eigenvalue weighted by Crippen LogP contribution is -2.52. The second-order valence-electron chi connectivity index (χ2n) is 6.97. The van der Waals surface area contributed by atoms with E-state index in [4.69, 9.17) is 0 Å². The van der Waals surface area contributed by atoms with E-state index in [1.807, 2.05) is 0 Å². The van der Waals surface area contributed by atoms with Crippen molar-refractivity contribution in [3.05, 3.63) is 0 Å². The van der Waals surface area contributed by atoms with Crippen LogP contribution >= 0.6 is 0 Å². The maximum Gasteiger partial charge on any atom is 0.511 e. The molecule has 0 bridgehead atoms. The van der Waals surface area contributed by atoms with Gasteiger partial charge in [0, 0.05) is 44.8 Å². The fourth-order valence-electron chi connectivity index (χ4n) is 3.00. The van der Waals surface area contributed by atoms with Crippen molar-refractivity contribution >= 4 is 16.0 Å². The fraction of sp³-hybridized carbons (Fsp3) is 0.933. The largest absolute Gasteiger partial charge is 0.511 e. The number of likely N-dealkylation sites (N-methyl/N-ethyl adjacent to an activating group) is 1. The average Bonchev–Trinajstić information content (AvgIpc) is 3.42. The van der Waals surface area contributed by atoms with Gasteiger partial charge in [-0.2, -0.15) is 17.5 Å². The first-order chi connectivity index (χ1) is 12.1. The van der Waals surface area contributed by atoms with Crippen LogP contribution in [0.5, 0.6) is 0 Å². The highest BCUT2D eigenvalue weighted by molar-refractivity contribution is 7.90. The Morgan fingerprint density at radius 1 is 1.27 bits per heavy atom. The Bertz CT molecular complexity index is 599. The third kappa shape index (κ3) is 5.23. The maximum atomic E-state index is 12.6. The van der Waals surface area contributed by atoms with Crippen LogP contribution < -0.4 is 10.6 Å². The summed E-state index contributed by atoms with van der Waals surface area (Å²) >= 11 is 0. The number of alkyl halides is 3. The molecule has 1 saturated carbocycles. The Hall–Kier alpha value is -1.07. The van der Waals surface area contributed by atoms with Crippen molar-refractivity contribution < 1.29 is 21.6 Å². The van der Waals surface area contributed by atoms with Gasteiger partial charge in [-0.1, -0.05) is 0 Å². The first-order valence-electron chi connectivity index (χ1n) is 8.81. The van der Waals surface area contributed by atoms with E-state index in [1.165, 1.54) is 12.8 Å². The predicted octanol–water partition coefficient (Wildman–Crippen LogP) is 0.948. The van der Waals surface area contributed by atoms with E-state index >= 15 is 0 Å². The predicted molar refractivity (Wildman–Crippen MR) is 94.3 cm³/mol. The summed E-state index contributed by atoms with van der Waals surface area (Å²) in [6, 6.07) is 0.874. The molecule has 0 spiro atoms. The van der Waals surface area contributed by atoms with Gasteiger partial charge in [-0.05, 0) is 39.7 Å². The number of halogens is 3. The molecule has 1 atom stereocenters. The molecule has 0 amide bonds. The number of hydrogen-bond donors (Lipinski definition) is 2. The molecule has 7 nitrogen and oxygen atoms in total. The molecule has 0 aromatic carbocycles. The Kier molecular flexibility index (Phi) is 6.78. The lowest BCUT2D eigenvalue weighted by atomic mass is 10.1. The Morgan fingerprint density at radius 2 is 1.85 bits per heavy atom. The summed E-state index contributed by atoms with van der Waals surface area (Å²) in [4.78, 5) is 6.47. The Morgan fingerprint density at radius 3 is 2.31 bits per heavy atom. The Balaban J connectivity index is 1.78. The topological polar surface area (TPSA) is 77.0 Å². The van der Waals surface area contributed by atoms with Crippen molar-refractivity contribution in [1.29, 1.82) is 0 Å². The number of nitrogens with one attached hydrogen (secondary N) is 2. The van der Waals surface area contributed by atoms with Crippen LogP contribution in [0, 0.1) is 0 Å². The highest BCUT2D eigenvalue weighted by atomic mass is 32.2. The van der Waals surface area contributed by atoms with Gasteiger partial charge in [0.2, 0.25) is 0 Å². The molecule has 2 aliphatic rings. The normalized spacial score (nSPS) is 22.5. The Labute approximate surface area is 153 Å². The van der Waals surface area contributed by atoms with Gasteiger partial charge < -0.3 is 10.6 Å². The van der Waals surface area contributed by atoms with Gasteiger partial charge in [0.25, 0.3) is 0 Å². The van der Waals surface area contributed by atoms with E-state index in [-0.39, 0.29) is 19.1 Å². The molecule has 1 aliphatic carbocycles. The minimum atomic E-state index is -5.24. The molecule has 2 rings (SSSR count). The van der Waals surface area contributed by atoms with E-state index in [1.54, 1.807) is 7.05 Å². The molecule has 1 saturated heterocycles. The molecule has 0 aromatic heterocycles. The molecule has 0 radical (unpaired) electrons. The van der Waals surface area contributed by atoms with E-state index in [0.717, 1.165) is 0 Å². The van der Waals surface area contributed by atoms with Gasteiger partial charge >= 0.3 is 15.5 Å². The number of rotatable bonds is 6. The van der Waals surface area contributed by atoms with Crippen LogP contribution in [0.2, 0.25) is 0 Å². The monoisotopic (exact) mass is 399 g/mol. The van der Waals surface area contributed by atoms with Crippen molar-refractivity contribution in [2.75, 3.05) is 33.7 Å². The average molecular weight is 399 g/mol. The van der Waals surface area contributed by atoms with Gasteiger partial charge in [0.05, 0.1) is 0 Å². The van der Waals surface area contributed by atoms with Crippen molar-refractivity contribution in [1.82, 2.24) is 19.8 Å². The maximum absolute atomic E-state index is 12.6. The number of guanidine groups is 1. The summed E-state index contributed by atoms with van der Waals surface area (Å²) in [6.45, 7) is 2.52. The van der Waals surface area contributed by atoms with Gasteiger partial charge in [-0.15, -0.1) is 0 Å². The standard InChI is InChI=1S/C15H28F3N5O2S/c1-11(22(3)13-4-5-13)10-20-14(19-2)21-12-6-8-23(9-7-12)26(24,25)15(16,17)18/h11-13H,4-10H2,1-3H3,(H2,19,20,21).